The molecule has 104 valence electrons. The number of nitrogens with two attached hydrogens (primary N) is 1. The Morgan fingerprint density at radius 3 is 2.42 bits per heavy atom. The Labute approximate surface area is 116 Å². The molecule has 1 aromatic rings. The molecule has 0 aromatic heterocycles. The van der Waals surface area contributed by atoms with Gasteiger partial charge in [0.25, 0.3) is 0 Å². The predicted molar refractivity (Wildman–Crippen MR) is 80.7 cm³/mol. The normalized spacial score (nSPS) is 24.3. The van der Waals surface area contributed by atoms with Gasteiger partial charge in [-0.2, -0.15) is 0 Å². The number of hydrogen-bond acceptors (Lipinski definition) is 3. The van der Waals surface area contributed by atoms with E-state index in [1.54, 1.807) is 0 Å². The SMILES string of the molecule is CC(N)C1(c2cccc(N3CCN(C)CC3)c2)CC1. The third-order valence-corrected chi connectivity index (χ3v) is 4.95. The zero-order chi connectivity index (χ0) is 13.5. The Hall–Kier alpha value is -1.06. The van der Waals surface area contributed by atoms with Crippen LogP contribution in [0.4, 0.5) is 5.69 Å². The molecule has 3 nitrogen and oxygen atoms in total. The molecule has 3 rings (SSSR count). The molecule has 1 heterocycles. The molecule has 1 unspecified atom stereocenters. The number of piperazine rings is 1. The molecule has 2 aliphatic rings. The van der Waals surface area contributed by atoms with E-state index in [1.165, 1.54) is 24.1 Å². The molecule has 1 aliphatic carbocycles. The fraction of sp³-hybridized carbons (Fsp3) is 0.625. The summed E-state index contributed by atoms with van der Waals surface area (Å²) < 4.78 is 0. The first kappa shape index (κ1) is 12.9. The summed E-state index contributed by atoms with van der Waals surface area (Å²) in [5.41, 5.74) is 9.27. The van der Waals surface area contributed by atoms with E-state index >= 15 is 0 Å². The second kappa shape index (κ2) is 4.80. The van der Waals surface area contributed by atoms with E-state index in [4.69, 9.17) is 5.73 Å². The standard InChI is InChI=1S/C16H25N3/c1-13(17)16(6-7-16)14-4-3-5-15(12-14)19-10-8-18(2)9-11-19/h3-5,12-13H,6-11,17H2,1-2H3. The van der Waals surface area contributed by atoms with E-state index in [9.17, 15) is 0 Å². The first-order valence-electron chi connectivity index (χ1n) is 7.41. The van der Waals surface area contributed by atoms with Crippen LogP contribution in [-0.4, -0.2) is 44.2 Å². The average molecular weight is 259 g/mol. The van der Waals surface area contributed by atoms with Gasteiger partial charge in [0.15, 0.2) is 0 Å². The van der Waals surface area contributed by atoms with Crippen molar-refractivity contribution in [2.24, 2.45) is 5.73 Å². The summed E-state index contributed by atoms with van der Waals surface area (Å²) in [5, 5.41) is 0. The maximum absolute atomic E-state index is 6.19. The van der Waals surface area contributed by atoms with Crippen molar-refractivity contribution < 1.29 is 0 Å². The van der Waals surface area contributed by atoms with E-state index < -0.39 is 0 Å². The predicted octanol–water partition coefficient (Wildman–Crippen LogP) is 1.82. The molecular weight excluding hydrogens is 234 g/mol. The van der Waals surface area contributed by atoms with Crippen molar-refractivity contribution in [1.29, 1.82) is 0 Å². The van der Waals surface area contributed by atoms with E-state index in [1.807, 2.05) is 0 Å². The second-order valence-corrected chi connectivity index (χ2v) is 6.29. The molecule has 2 N–H and O–H groups in total. The van der Waals surface area contributed by atoms with Crippen molar-refractivity contribution in [3.8, 4) is 0 Å². The highest BCUT2D eigenvalue weighted by atomic mass is 15.2. The smallest absolute Gasteiger partial charge is 0.0370 e. The number of anilines is 1. The average Bonchev–Trinajstić information content (AvgIpc) is 3.21. The Morgan fingerprint density at radius 1 is 1.16 bits per heavy atom. The summed E-state index contributed by atoms with van der Waals surface area (Å²) in [6.07, 6.45) is 2.49. The summed E-state index contributed by atoms with van der Waals surface area (Å²) in [7, 11) is 2.20. The lowest BCUT2D eigenvalue weighted by atomic mass is 9.89. The van der Waals surface area contributed by atoms with Gasteiger partial charge in [-0.3, -0.25) is 0 Å². The van der Waals surface area contributed by atoms with Crippen molar-refractivity contribution in [2.75, 3.05) is 38.1 Å². The largest absolute Gasteiger partial charge is 0.369 e. The minimum atomic E-state index is 0.259. The van der Waals surface area contributed by atoms with Crippen LogP contribution in [-0.2, 0) is 5.41 Å². The van der Waals surface area contributed by atoms with Gasteiger partial charge in [-0.05, 0) is 44.5 Å². The van der Waals surface area contributed by atoms with Crippen LogP contribution in [0.2, 0.25) is 0 Å². The first-order valence-corrected chi connectivity index (χ1v) is 7.41. The topological polar surface area (TPSA) is 32.5 Å². The first-order chi connectivity index (χ1) is 9.12. The van der Waals surface area contributed by atoms with E-state index in [0.29, 0.717) is 0 Å². The quantitative estimate of drug-likeness (QED) is 0.898. The van der Waals surface area contributed by atoms with Crippen molar-refractivity contribution in [3.05, 3.63) is 29.8 Å². The molecule has 1 aliphatic heterocycles. The Bertz CT molecular complexity index is 443. The highest BCUT2D eigenvalue weighted by Gasteiger charge is 2.47. The lowest BCUT2D eigenvalue weighted by Gasteiger charge is -2.34. The Balaban J connectivity index is 1.81. The van der Waals surface area contributed by atoms with E-state index in [2.05, 4.69) is 48.0 Å². The second-order valence-electron chi connectivity index (χ2n) is 6.29. The summed E-state index contributed by atoms with van der Waals surface area (Å²) in [5.74, 6) is 0. The summed E-state index contributed by atoms with van der Waals surface area (Å²) >= 11 is 0. The van der Waals surface area contributed by atoms with Gasteiger partial charge in [0, 0.05) is 43.3 Å². The summed E-state index contributed by atoms with van der Waals surface area (Å²) in [6, 6.07) is 9.34. The fourth-order valence-corrected chi connectivity index (χ4v) is 3.22. The maximum Gasteiger partial charge on any atom is 0.0370 e. The van der Waals surface area contributed by atoms with Crippen LogP contribution < -0.4 is 10.6 Å². The molecule has 0 radical (unpaired) electrons. The monoisotopic (exact) mass is 259 g/mol. The molecule has 1 saturated heterocycles. The number of likely N-dealkylation sites (N-methyl/N-ethyl adjacent to an activating group) is 1. The van der Waals surface area contributed by atoms with Crippen LogP contribution in [0.5, 0.6) is 0 Å². The van der Waals surface area contributed by atoms with Gasteiger partial charge in [0.1, 0.15) is 0 Å². The van der Waals surface area contributed by atoms with Crippen LogP contribution >= 0.6 is 0 Å². The number of nitrogens with zero attached hydrogens (tertiary/aromatic N) is 2. The zero-order valence-electron chi connectivity index (χ0n) is 12.1. The highest BCUT2D eigenvalue weighted by molar-refractivity contribution is 5.52. The third-order valence-electron chi connectivity index (χ3n) is 4.95. The van der Waals surface area contributed by atoms with Crippen LogP contribution in [0.1, 0.15) is 25.3 Å². The molecule has 0 amide bonds. The highest BCUT2D eigenvalue weighted by Crippen LogP contribution is 2.50. The molecule has 1 atom stereocenters. The van der Waals surface area contributed by atoms with Gasteiger partial charge in [-0.25, -0.2) is 0 Å². The van der Waals surface area contributed by atoms with Crippen molar-refractivity contribution >= 4 is 5.69 Å². The molecule has 1 saturated carbocycles. The van der Waals surface area contributed by atoms with Crippen LogP contribution in [0.15, 0.2) is 24.3 Å². The lowest BCUT2D eigenvalue weighted by molar-refractivity contribution is 0.313. The van der Waals surface area contributed by atoms with Gasteiger partial charge in [-0.15, -0.1) is 0 Å². The van der Waals surface area contributed by atoms with Crippen molar-refractivity contribution in [3.63, 3.8) is 0 Å². The minimum Gasteiger partial charge on any atom is -0.369 e. The number of hydrogen-bond donors (Lipinski definition) is 1. The molecular formula is C16H25N3. The lowest BCUT2D eigenvalue weighted by Crippen LogP contribution is -2.44. The van der Waals surface area contributed by atoms with E-state index in [-0.39, 0.29) is 11.5 Å². The minimum absolute atomic E-state index is 0.259. The fourth-order valence-electron chi connectivity index (χ4n) is 3.22. The van der Waals surface area contributed by atoms with Gasteiger partial charge in [0.2, 0.25) is 0 Å². The molecule has 3 heteroatoms. The van der Waals surface area contributed by atoms with Crippen LogP contribution in [0.25, 0.3) is 0 Å². The van der Waals surface area contributed by atoms with Gasteiger partial charge < -0.3 is 15.5 Å². The summed E-state index contributed by atoms with van der Waals surface area (Å²) in [4.78, 5) is 4.89. The molecule has 0 bridgehead atoms. The van der Waals surface area contributed by atoms with Crippen molar-refractivity contribution in [2.45, 2.75) is 31.2 Å². The van der Waals surface area contributed by atoms with E-state index in [0.717, 1.165) is 26.2 Å². The van der Waals surface area contributed by atoms with Gasteiger partial charge in [0.05, 0.1) is 0 Å². The van der Waals surface area contributed by atoms with Crippen LogP contribution in [0, 0.1) is 0 Å². The van der Waals surface area contributed by atoms with Gasteiger partial charge in [-0.1, -0.05) is 12.1 Å². The molecule has 19 heavy (non-hydrogen) atoms. The number of benzene rings is 1. The summed E-state index contributed by atoms with van der Waals surface area (Å²) in [6.45, 7) is 6.72. The Morgan fingerprint density at radius 2 is 1.84 bits per heavy atom. The van der Waals surface area contributed by atoms with Crippen molar-refractivity contribution in [1.82, 2.24) is 4.90 Å². The maximum atomic E-state index is 6.19. The molecule has 1 aromatic carbocycles. The number of rotatable bonds is 3. The zero-order valence-corrected chi connectivity index (χ0v) is 12.1. The Kier molecular flexibility index (Phi) is 3.27. The third kappa shape index (κ3) is 2.37. The molecule has 0 spiro atoms. The van der Waals surface area contributed by atoms with Gasteiger partial charge >= 0.3 is 0 Å². The van der Waals surface area contributed by atoms with Crippen LogP contribution in [0.3, 0.4) is 0 Å². The molecule has 2 fully saturated rings.